The predicted octanol–water partition coefficient (Wildman–Crippen LogP) is 21.0. The van der Waals surface area contributed by atoms with E-state index in [2.05, 4.69) is 44.2 Å². The Bertz CT molecular complexity index is 5040. The number of hydrogen-bond acceptors (Lipinski definition) is 18. The van der Waals surface area contributed by atoms with E-state index in [0.717, 1.165) is 144 Å². The van der Waals surface area contributed by atoms with E-state index in [1.807, 2.05) is 190 Å². The summed E-state index contributed by atoms with van der Waals surface area (Å²) >= 11 is 0. The van der Waals surface area contributed by atoms with Crippen LogP contribution in [0.1, 0.15) is 164 Å². The van der Waals surface area contributed by atoms with Gasteiger partial charge in [0.1, 0.15) is 11.5 Å². The first-order chi connectivity index (χ1) is 55.6. The zero-order valence-corrected chi connectivity index (χ0v) is 65.0. The molecule has 22 nitrogen and oxygen atoms in total. The number of aromatic nitrogens is 4. The van der Waals surface area contributed by atoms with Crippen LogP contribution in [0.25, 0.3) is 43.6 Å². The van der Waals surface area contributed by atoms with Crippen LogP contribution >= 0.6 is 0 Å². The summed E-state index contributed by atoms with van der Waals surface area (Å²) in [5, 5.41) is 40.8. The Labute approximate surface area is 701 Å². The summed E-state index contributed by atoms with van der Waals surface area (Å²) in [6.07, 6.45) is 5.38. The van der Waals surface area contributed by atoms with Crippen LogP contribution in [0.2, 0.25) is 0 Å². The molecule has 0 amide bonds. The fraction of sp³-hybridized carbons (Fsp3) is 0.340. The van der Waals surface area contributed by atoms with E-state index in [0.29, 0.717) is 134 Å². The van der Waals surface area contributed by atoms with Gasteiger partial charge in [0.2, 0.25) is 0 Å². The molecule has 8 aromatic carbocycles. The maximum atomic E-state index is 11.4. The molecule has 0 aliphatic rings. The van der Waals surface area contributed by atoms with Crippen LogP contribution in [0.5, 0.6) is 11.5 Å². The van der Waals surface area contributed by atoms with Crippen molar-refractivity contribution in [2.24, 2.45) is 0 Å². The molecular weight excluding hydrogens is 1510 g/mol. The van der Waals surface area contributed by atoms with Gasteiger partial charge in [-0.3, -0.25) is 19.9 Å². The van der Waals surface area contributed by atoms with Gasteiger partial charge in [-0.15, -0.1) is 0 Å². The van der Waals surface area contributed by atoms with Crippen molar-refractivity contribution < 1.29 is 87.0 Å². The molecule has 4 N–H and O–H groups in total. The van der Waals surface area contributed by atoms with Crippen LogP contribution in [-0.4, -0.2) is 130 Å². The molecule has 0 unspecified atom stereocenters. The Kier molecular flexibility index (Phi) is 46.4. The molecular formula is C97H120N4O18. The predicted molar refractivity (Wildman–Crippen MR) is 470 cm³/mol. The quantitative estimate of drug-likeness (QED) is 0.0258. The Balaban J connectivity index is 0.000000329. The molecule has 0 saturated carbocycles. The van der Waals surface area contributed by atoms with Crippen molar-refractivity contribution in [3.05, 3.63) is 297 Å². The zero-order valence-electron chi connectivity index (χ0n) is 65.0. The lowest BCUT2D eigenvalue weighted by atomic mass is 10.0. The van der Waals surface area contributed by atoms with Crippen molar-refractivity contribution in [3.8, 4) is 11.5 Å². The largest absolute Gasteiger partial charge is 0.481 e. The maximum absolute atomic E-state index is 11.4. The highest BCUT2D eigenvalue weighted by atomic mass is 16.5. The summed E-state index contributed by atoms with van der Waals surface area (Å²) in [4.78, 5) is 62.6. The monoisotopic (exact) mass is 1630 g/mol. The third kappa shape index (κ3) is 34.2. The second-order valence-electron chi connectivity index (χ2n) is 26.8. The molecule has 12 rings (SSSR count). The van der Waals surface area contributed by atoms with Crippen LogP contribution in [0.15, 0.2) is 218 Å². The number of aromatic carboxylic acids is 2. The summed E-state index contributed by atoms with van der Waals surface area (Å²) in [7, 11) is 0. The molecule has 0 fully saturated rings. The highest BCUT2D eigenvalue weighted by Gasteiger charge is 2.16. The molecule has 0 aliphatic carbocycles. The Hall–Kier alpha value is -11.4. The number of carbonyl (C=O) groups is 4. The van der Waals surface area contributed by atoms with E-state index in [4.69, 9.17) is 57.6 Å². The average Bonchev–Trinajstić information content (AvgIpc) is 0.914. The van der Waals surface area contributed by atoms with Crippen molar-refractivity contribution in [1.29, 1.82) is 0 Å². The number of carboxylic acids is 4. The summed E-state index contributed by atoms with van der Waals surface area (Å²) in [5.41, 5.74) is 14.6. The summed E-state index contributed by atoms with van der Waals surface area (Å²) in [5.74, 6) is -2.68. The number of aliphatic carboxylic acids is 2. The lowest BCUT2D eigenvalue weighted by Crippen LogP contribution is -2.12. The number of pyridine rings is 4. The van der Waals surface area contributed by atoms with Gasteiger partial charge in [-0.1, -0.05) is 207 Å². The Morgan fingerprint density at radius 3 is 0.824 bits per heavy atom. The summed E-state index contributed by atoms with van der Waals surface area (Å²) < 4.78 is 56.2. The van der Waals surface area contributed by atoms with E-state index in [1.54, 1.807) is 32.0 Å². The first-order valence-electron chi connectivity index (χ1n) is 38.1. The van der Waals surface area contributed by atoms with Gasteiger partial charge in [0.15, 0.2) is 13.2 Å². The number of para-hydroxylation sites is 6. The van der Waals surface area contributed by atoms with E-state index < -0.39 is 23.9 Å². The highest BCUT2D eigenvalue weighted by Crippen LogP contribution is 2.27. The molecule has 0 spiro atoms. The first kappa shape index (κ1) is 99.9. The molecule has 4 aromatic heterocycles. The second kappa shape index (κ2) is 55.3. The third-order valence-electron chi connectivity index (χ3n) is 17.9. The van der Waals surface area contributed by atoms with E-state index in [1.165, 1.54) is 0 Å². The number of carboxylic acid groups (broad SMARTS) is 4. The molecule has 0 bridgehead atoms. The summed E-state index contributed by atoms with van der Waals surface area (Å²) in [6.45, 7) is 14.3. The molecule has 22 heteroatoms. The smallest absolute Gasteiger partial charge is 0.341 e. The fourth-order valence-corrected chi connectivity index (χ4v) is 12.2. The SMILES string of the molecule is C.C.C.C.C.Cc1cccc(COCCCCCOCc2ccc3ccccc3n2)c1C(=O)O.Cc1cccc(COCCCCOCc2ccc3ccccc3n2)c1C(=O)O.Cc1cccc(COCCCOCc2ccc3ccccc3n2)c1OCC(=O)O.Cc1cccc(COCCOCc2ccc3ccccc3n2)c1OCC(=O)O. The van der Waals surface area contributed by atoms with Crippen LogP contribution in [0, 0.1) is 27.7 Å². The number of rotatable bonds is 42. The maximum Gasteiger partial charge on any atom is 0.341 e. The van der Waals surface area contributed by atoms with Crippen molar-refractivity contribution in [3.63, 3.8) is 0 Å². The molecule has 0 aliphatic heterocycles. The minimum atomic E-state index is -1.01. The minimum absolute atomic E-state index is 0. The van der Waals surface area contributed by atoms with Crippen molar-refractivity contribution in [2.75, 3.05) is 66.1 Å². The number of unbranched alkanes of at least 4 members (excludes halogenated alkanes) is 3. The molecule has 119 heavy (non-hydrogen) atoms. The Morgan fingerprint density at radius 2 is 0.513 bits per heavy atom. The van der Waals surface area contributed by atoms with Gasteiger partial charge in [-0.25, -0.2) is 19.2 Å². The molecule has 636 valence electrons. The van der Waals surface area contributed by atoms with Gasteiger partial charge in [-0.2, -0.15) is 0 Å². The number of ether oxygens (including phenoxy) is 10. The van der Waals surface area contributed by atoms with Gasteiger partial charge in [0.25, 0.3) is 0 Å². The lowest BCUT2D eigenvalue weighted by Gasteiger charge is -2.13. The van der Waals surface area contributed by atoms with E-state index >= 15 is 0 Å². The molecule has 0 saturated heterocycles. The average molecular weight is 1630 g/mol. The molecule has 0 atom stereocenters. The fourth-order valence-electron chi connectivity index (χ4n) is 12.2. The van der Waals surface area contributed by atoms with E-state index in [9.17, 15) is 29.4 Å². The molecule has 0 radical (unpaired) electrons. The van der Waals surface area contributed by atoms with Gasteiger partial charge >= 0.3 is 23.9 Å². The van der Waals surface area contributed by atoms with Gasteiger partial charge < -0.3 is 67.8 Å². The van der Waals surface area contributed by atoms with E-state index in [-0.39, 0.29) is 50.3 Å². The zero-order chi connectivity index (χ0) is 80.5. The highest BCUT2D eigenvalue weighted by molar-refractivity contribution is 5.92. The van der Waals surface area contributed by atoms with Crippen molar-refractivity contribution in [1.82, 2.24) is 19.9 Å². The van der Waals surface area contributed by atoms with Gasteiger partial charge in [-0.05, 0) is 148 Å². The van der Waals surface area contributed by atoms with Crippen LogP contribution in [-0.2, 0) is 100 Å². The van der Waals surface area contributed by atoms with Crippen LogP contribution in [0.3, 0.4) is 0 Å². The number of benzene rings is 8. The second-order valence-corrected chi connectivity index (χ2v) is 26.8. The minimum Gasteiger partial charge on any atom is -0.481 e. The number of aryl methyl sites for hydroxylation is 4. The van der Waals surface area contributed by atoms with Crippen molar-refractivity contribution >= 4 is 67.5 Å². The number of nitrogens with zero attached hydrogens (tertiary/aromatic N) is 4. The third-order valence-corrected chi connectivity index (χ3v) is 17.9. The number of fused-ring (bicyclic) bond motifs is 4. The normalized spacial score (nSPS) is 10.5. The molecule has 4 heterocycles. The topological polar surface area (TPSA) is 293 Å². The Morgan fingerprint density at radius 1 is 0.261 bits per heavy atom. The van der Waals surface area contributed by atoms with Crippen molar-refractivity contribution in [2.45, 2.75) is 156 Å². The number of hydrogen-bond donors (Lipinski definition) is 4. The van der Waals surface area contributed by atoms with Gasteiger partial charge in [0.05, 0.1) is 122 Å². The molecule has 12 aromatic rings. The van der Waals surface area contributed by atoms with Crippen LogP contribution in [0.4, 0.5) is 0 Å². The first-order valence-corrected chi connectivity index (χ1v) is 38.1. The van der Waals surface area contributed by atoms with Gasteiger partial charge in [0, 0.05) is 72.3 Å². The van der Waals surface area contributed by atoms with Crippen LogP contribution < -0.4 is 9.47 Å². The lowest BCUT2D eigenvalue weighted by molar-refractivity contribution is -0.140. The summed E-state index contributed by atoms with van der Waals surface area (Å²) in [6, 6.07) is 70.5. The standard InChI is InChI=1S/C24H27NO4.C23H25NO5.C23H25NO4.C22H23NO5.5CH4/c1-18-8-7-10-20(23(18)24(26)27)16-28-14-5-2-6-15-29-17-21-13-12-19-9-3-4-11-22(19)25-21;1-17-6-4-8-19(23(17)29-16-22(25)26)14-27-12-5-13-28-15-20-11-10-18-7-2-3-9-21(18)24-20;1-17-7-6-9-19(22(17)23(25)26)15-27-13-4-5-14-28-16-20-12-11-18-8-2-3-10-21(18)24-20;1-16-5-4-7-18(22(16)28-15-21(24)25)13-26-11-12-27-14-19-10-9-17-6-2-3-8-20(17)23-19;;;;;/h3-4,7-13H,2,5-6,14-17H2,1H3,(H,26,27);2-4,6-11H,5,12-16H2,1H3,(H,25,26);2-3,6-12H,4-5,13-16H2,1H3,(H,25,26);2-10H,11-15H2,1H3,(H,24,25);5*1H4.